The maximum atomic E-state index is 5.63. The number of thioether (sulfide) groups is 1. The molecule has 0 radical (unpaired) electrons. The van der Waals surface area contributed by atoms with Crippen LogP contribution in [-0.4, -0.2) is 29.7 Å². The monoisotopic (exact) mass is 380 g/mol. The number of rotatable bonds is 6. The number of aromatic nitrogens is 6. The summed E-state index contributed by atoms with van der Waals surface area (Å²) in [4.78, 5) is 12.0. The van der Waals surface area contributed by atoms with Gasteiger partial charge in [-0.15, -0.1) is 10.2 Å². The Morgan fingerprint density at radius 1 is 0.926 bits per heavy atom. The molecule has 136 valence electrons. The third-order valence-electron chi connectivity index (χ3n) is 3.69. The van der Waals surface area contributed by atoms with Crippen LogP contribution in [0.25, 0.3) is 11.4 Å². The Hall–Kier alpha value is -3.40. The molecule has 0 aliphatic rings. The molecular formula is C17H16N8OS. The average Bonchev–Trinajstić information content (AvgIpc) is 3.30. The van der Waals surface area contributed by atoms with Crippen molar-refractivity contribution < 1.29 is 4.42 Å². The third kappa shape index (κ3) is 3.90. The van der Waals surface area contributed by atoms with Gasteiger partial charge in [0.15, 0.2) is 11.0 Å². The zero-order chi connectivity index (χ0) is 18.6. The van der Waals surface area contributed by atoms with E-state index in [9.17, 15) is 0 Å². The van der Waals surface area contributed by atoms with Gasteiger partial charge in [-0.1, -0.05) is 42.1 Å². The van der Waals surface area contributed by atoms with Crippen LogP contribution in [0.4, 0.5) is 11.9 Å². The first kappa shape index (κ1) is 17.0. The van der Waals surface area contributed by atoms with E-state index in [4.69, 9.17) is 15.9 Å². The van der Waals surface area contributed by atoms with Crippen molar-refractivity contribution in [3.63, 3.8) is 0 Å². The number of hydrogen-bond acceptors (Lipinski definition) is 9. The van der Waals surface area contributed by atoms with Gasteiger partial charge < -0.3 is 15.9 Å². The highest BCUT2D eigenvalue weighted by molar-refractivity contribution is 7.98. The summed E-state index contributed by atoms with van der Waals surface area (Å²) >= 11 is 1.44. The van der Waals surface area contributed by atoms with Crippen molar-refractivity contribution in [1.82, 2.24) is 29.7 Å². The highest BCUT2D eigenvalue weighted by Gasteiger charge is 2.16. The molecule has 0 bridgehead atoms. The second-order valence-corrected chi connectivity index (χ2v) is 6.54. The standard InChI is InChI=1S/C17H16N8OS/c18-15-20-13(21-16(19)22-15)10-27-17-24-23-14(11-5-2-1-3-6-11)25(17)9-12-7-4-8-26-12/h1-8H,9-10H2,(H4,18,19,20,21,22). The van der Waals surface area contributed by atoms with E-state index < -0.39 is 0 Å². The summed E-state index contributed by atoms with van der Waals surface area (Å²) in [6.45, 7) is 0.508. The van der Waals surface area contributed by atoms with E-state index in [1.54, 1.807) is 6.26 Å². The Bertz CT molecular complexity index is 1010. The number of furan rings is 1. The quantitative estimate of drug-likeness (QED) is 0.483. The van der Waals surface area contributed by atoms with E-state index in [1.165, 1.54) is 11.8 Å². The van der Waals surface area contributed by atoms with Gasteiger partial charge in [-0.3, -0.25) is 4.57 Å². The predicted molar refractivity (Wildman–Crippen MR) is 101 cm³/mol. The Kier molecular flexibility index (Phi) is 4.71. The fourth-order valence-corrected chi connectivity index (χ4v) is 3.34. The molecule has 3 aromatic heterocycles. The summed E-state index contributed by atoms with van der Waals surface area (Å²) in [5.41, 5.74) is 12.2. The molecule has 0 saturated carbocycles. The second-order valence-electron chi connectivity index (χ2n) is 5.59. The lowest BCUT2D eigenvalue weighted by atomic mass is 10.2. The van der Waals surface area contributed by atoms with Gasteiger partial charge in [-0.25, -0.2) is 0 Å². The van der Waals surface area contributed by atoms with Crippen LogP contribution in [0.15, 0.2) is 58.3 Å². The molecule has 3 heterocycles. The van der Waals surface area contributed by atoms with Gasteiger partial charge in [-0.05, 0) is 12.1 Å². The molecule has 0 aliphatic heterocycles. The van der Waals surface area contributed by atoms with Crippen molar-refractivity contribution in [1.29, 1.82) is 0 Å². The summed E-state index contributed by atoms with van der Waals surface area (Å²) in [6.07, 6.45) is 1.64. The van der Waals surface area contributed by atoms with Crippen LogP contribution in [0.3, 0.4) is 0 Å². The minimum absolute atomic E-state index is 0.0973. The first-order chi connectivity index (χ1) is 13.2. The summed E-state index contributed by atoms with van der Waals surface area (Å²) < 4.78 is 7.49. The smallest absolute Gasteiger partial charge is 0.225 e. The fourth-order valence-electron chi connectivity index (χ4n) is 2.55. The van der Waals surface area contributed by atoms with Crippen LogP contribution >= 0.6 is 11.8 Å². The molecule has 9 nitrogen and oxygen atoms in total. The summed E-state index contributed by atoms with van der Waals surface area (Å²) in [7, 11) is 0. The van der Waals surface area contributed by atoms with E-state index >= 15 is 0 Å². The summed E-state index contributed by atoms with van der Waals surface area (Å²) in [5.74, 6) is 2.67. The maximum absolute atomic E-state index is 5.63. The molecule has 1 aromatic carbocycles. The van der Waals surface area contributed by atoms with Crippen molar-refractivity contribution in [3.05, 3.63) is 60.3 Å². The lowest BCUT2D eigenvalue weighted by Crippen LogP contribution is -2.07. The van der Waals surface area contributed by atoms with Gasteiger partial charge in [0.05, 0.1) is 18.6 Å². The Morgan fingerprint density at radius 3 is 2.41 bits per heavy atom. The van der Waals surface area contributed by atoms with Crippen LogP contribution in [0.5, 0.6) is 0 Å². The number of benzene rings is 1. The maximum Gasteiger partial charge on any atom is 0.225 e. The van der Waals surface area contributed by atoms with Crippen molar-refractivity contribution >= 4 is 23.7 Å². The molecule has 27 heavy (non-hydrogen) atoms. The van der Waals surface area contributed by atoms with Crippen LogP contribution < -0.4 is 11.5 Å². The predicted octanol–water partition coefficient (Wildman–Crippen LogP) is 2.23. The largest absolute Gasteiger partial charge is 0.467 e. The Labute approximate surface area is 158 Å². The molecule has 10 heteroatoms. The summed E-state index contributed by atoms with van der Waals surface area (Å²) in [6, 6.07) is 13.6. The van der Waals surface area contributed by atoms with Gasteiger partial charge in [-0.2, -0.15) is 15.0 Å². The molecule has 0 amide bonds. The lowest BCUT2D eigenvalue weighted by Gasteiger charge is -2.08. The molecule has 0 spiro atoms. The van der Waals surface area contributed by atoms with E-state index in [2.05, 4.69) is 25.1 Å². The van der Waals surface area contributed by atoms with Gasteiger partial charge >= 0.3 is 0 Å². The van der Waals surface area contributed by atoms with Gasteiger partial charge in [0.25, 0.3) is 0 Å². The van der Waals surface area contributed by atoms with Crippen molar-refractivity contribution in [2.75, 3.05) is 11.5 Å². The fraction of sp³-hybridized carbons (Fsp3) is 0.118. The van der Waals surface area contributed by atoms with Crippen molar-refractivity contribution in [2.45, 2.75) is 17.5 Å². The molecule has 0 saturated heterocycles. The second kappa shape index (κ2) is 7.46. The van der Waals surface area contributed by atoms with E-state index in [1.807, 2.05) is 47.0 Å². The molecule has 4 N–H and O–H groups in total. The molecule has 0 fully saturated rings. The number of nitrogen functional groups attached to an aromatic ring is 2. The van der Waals surface area contributed by atoms with Crippen LogP contribution in [0.2, 0.25) is 0 Å². The molecule has 0 aliphatic carbocycles. The van der Waals surface area contributed by atoms with Crippen LogP contribution in [-0.2, 0) is 12.3 Å². The normalized spacial score (nSPS) is 11.0. The molecule has 0 unspecified atom stereocenters. The third-order valence-corrected chi connectivity index (χ3v) is 4.65. The van der Waals surface area contributed by atoms with Crippen LogP contribution in [0.1, 0.15) is 11.6 Å². The van der Waals surface area contributed by atoms with E-state index in [0.717, 1.165) is 17.1 Å². The SMILES string of the molecule is Nc1nc(N)nc(CSc2nnc(-c3ccccc3)n2Cc2ccco2)n1. The van der Waals surface area contributed by atoms with E-state index in [-0.39, 0.29) is 11.9 Å². The minimum Gasteiger partial charge on any atom is -0.467 e. The van der Waals surface area contributed by atoms with Gasteiger partial charge in [0, 0.05) is 5.56 Å². The number of nitrogens with zero attached hydrogens (tertiary/aromatic N) is 6. The molecule has 4 rings (SSSR count). The lowest BCUT2D eigenvalue weighted by molar-refractivity contribution is 0.485. The summed E-state index contributed by atoms with van der Waals surface area (Å²) in [5, 5.41) is 9.41. The molecule has 0 atom stereocenters. The van der Waals surface area contributed by atoms with Crippen molar-refractivity contribution in [3.8, 4) is 11.4 Å². The average molecular weight is 380 g/mol. The van der Waals surface area contributed by atoms with Crippen molar-refractivity contribution in [2.24, 2.45) is 0 Å². The zero-order valence-corrected chi connectivity index (χ0v) is 15.0. The molecule has 4 aromatic rings. The van der Waals surface area contributed by atoms with E-state index in [0.29, 0.717) is 23.3 Å². The topological polar surface area (TPSA) is 135 Å². The Morgan fingerprint density at radius 2 is 1.70 bits per heavy atom. The molecular weight excluding hydrogens is 364 g/mol. The number of hydrogen-bond donors (Lipinski definition) is 2. The minimum atomic E-state index is 0.0973. The number of anilines is 2. The van der Waals surface area contributed by atoms with Gasteiger partial charge in [0.2, 0.25) is 11.9 Å². The number of nitrogens with two attached hydrogens (primary N) is 2. The van der Waals surface area contributed by atoms with Gasteiger partial charge in [0.1, 0.15) is 11.6 Å². The highest BCUT2D eigenvalue weighted by atomic mass is 32.2. The Balaban J connectivity index is 1.64. The van der Waals surface area contributed by atoms with Crippen LogP contribution in [0, 0.1) is 0 Å². The zero-order valence-electron chi connectivity index (χ0n) is 14.2. The highest BCUT2D eigenvalue weighted by Crippen LogP contribution is 2.27. The first-order valence-corrected chi connectivity index (χ1v) is 9.07. The first-order valence-electron chi connectivity index (χ1n) is 8.09.